The van der Waals surface area contributed by atoms with Crippen LogP contribution in [0.1, 0.15) is 27.9 Å². The summed E-state index contributed by atoms with van der Waals surface area (Å²) in [5, 5.41) is 9.82. The molecule has 2 heterocycles. The second kappa shape index (κ2) is 7.17. The summed E-state index contributed by atoms with van der Waals surface area (Å²) in [4.78, 5) is 14.1. The number of carbonyl (C=O) groups excluding carboxylic acids is 1. The van der Waals surface area contributed by atoms with Crippen molar-refractivity contribution in [3.8, 4) is 5.69 Å². The van der Waals surface area contributed by atoms with Crippen molar-refractivity contribution in [2.45, 2.75) is 13.8 Å². The molecule has 0 saturated heterocycles. The molecule has 5 nitrogen and oxygen atoms in total. The number of carbonyl (C=O) groups is 1. The predicted octanol–water partition coefficient (Wildman–Crippen LogP) is 4.55. The topological polar surface area (TPSA) is 59.3 Å². The van der Waals surface area contributed by atoms with Gasteiger partial charge < -0.3 is 0 Å². The number of aryl methyl sites for hydroxylation is 1. The number of hydrogen-bond acceptors (Lipinski definition) is 4. The third-order valence-electron chi connectivity index (χ3n) is 4.29. The number of amides is 1. The van der Waals surface area contributed by atoms with E-state index >= 15 is 0 Å². The van der Waals surface area contributed by atoms with Gasteiger partial charge in [-0.15, -0.1) is 11.3 Å². The van der Waals surface area contributed by atoms with Gasteiger partial charge in [0.15, 0.2) is 0 Å². The Kier molecular flexibility index (Phi) is 4.56. The normalized spacial score (nSPS) is 11.7. The molecule has 134 valence electrons. The van der Waals surface area contributed by atoms with E-state index < -0.39 is 0 Å². The zero-order chi connectivity index (χ0) is 18.8. The number of hydrogen-bond donors (Lipinski definition) is 1. The van der Waals surface area contributed by atoms with Crippen molar-refractivity contribution in [1.29, 1.82) is 0 Å². The maximum atomic E-state index is 12.6. The number of nitrogens with zero attached hydrogens (tertiary/aromatic N) is 3. The van der Waals surface area contributed by atoms with Crippen LogP contribution in [0, 0.1) is 6.92 Å². The van der Waals surface area contributed by atoms with Crippen molar-refractivity contribution in [2.24, 2.45) is 5.10 Å². The molecule has 4 aromatic rings. The Balaban J connectivity index is 1.62. The van der Waals surface area contributed by atoms with E-state index in [0.29, 0.717) is 4.88 Å². The van der Waals surface area contributed by atoms with Gasteiger partial charge in [-0.1, -0.05) is 48.5 Å². The summed E-state index contributed by atoms with van der Waals surface area (Å²) < 4.78 is 1.88. The van der Waals surface area contributed by atoms with Gasteiger partial charge >= 0.3 is 0 Å². The summed E-state index contributed by atoms with van der Waals surface area (Å²) in [5.74, 6) is -0.217. The lowest BCUT2D eigenvalue weighted by atomic mass is 10.1. The minimum atomic E-state index is -0.217. The second-order valence-corrected chi connectivity index (χ2v) is 7.20. The number of nitrogens with one attached hydrogen (secondary N) is 1. The molecular weight excluding hydrogens is 356 g/mol. The highest BCUT2D eigenvalue weighted by atomic mass is 32.1. The highest BCUT2D eigenvalue weighted by molar-refractivity contribution is 7.20. The number of para-hydroxylation sites is 1. The van der Waals surface area contributed by atoms with Gasteiger partial charge in [-0.3, -0.25) is 4.79 Å². The van der Waals surface area contributed by atoms with E-state index in [1.54, 1.807) is 0 Å². The lowest BCUT2D eigenvalue weighted by Gasteiger charge is -2.02. The van der Waals surface area contributed by atoms with Crippen molar-refractivity contribution in [2.75, 3.05) is 0 Å². The van der Waals surface area contributed by atoms with E-state index in [9.17, 15) is 4.79 Å². The molecule has 4 rings (SSSR count). The van der Waals surface area contributed by atoms with E-state index in [1.165, 1.54) is 11.3 Å². The molecule has 0 radical (unpaired) electrons. The number of benzene rings is 2. The molecule has 0 aliphatic rings. The zero-order valence-electron chi connectivity index (χ0n) is 15.0. The lowest BCUT2D eigenvalue weighted by Crippen LogP contribution is -2.18. The summed E-state index contributed by atoms with van der Waals surface area (Å²) in [6.45, 7) is 3.83. The summed E-state index contributed by atoms with van der Waals surface area (Å²) in [6.07, 6.45) is 0. The van der Waals surface area contributed by atoms with Crippen LogP contribution < -0.4 is 5.43 Å². The Morgan fingerprint density at radius 3 is 2.44 bits per heavy atom. The summed E-state index contributed by atoms with van der Waals surface area (Å²) >= 11 is 1.41. The van der Waals surface area contributed by atoms with Crippen LogP contribution in [0.25, 0.3) is 15.9 Å². The number of fused-ring (bicyclic) bond motifs is 1. The van der Waals surface area contributed by atoms with Crippen molar-refractivity contribution < 1.29 is 4.79 Å². The zero-order valence-corrected chi connectivity index (χ0v) is 15.8. The molecule has 0 unspecified atom stereocenters. The van der Waals surface area contributed by atoms with Crippen LogP contribution in [0.15, 0.2) is 71.8 Å². The average Bonchev–Trinajstić information content (AvgIpc) is 3.28. The Morgan fingerprint density at radius 2 is 1.74 bits per heavy atom. The predicted molar refractivity (Wildman–Crippen MR) is 110 cm³/mol. The van der Waals surface area contributed by atoms with Gasteiger partial charge in [0.05, 0.1) is 22.0 Å². The quantitative estimate of drug-likeness (QED) is 0.421. The van der Waals surface area contributed by atoms with Gasteiger partial charge in [-0.05, 0) is 37.6 Å². The lowest BCUT2D eigenvalue weighted by molar-refractivity contribution is 0.0959. The smallest absolute Gasteiger partial charge is 0.266 e. The maximum Gasteiger partial charge on any atom is 0.281 e. The fraction of sp³-hybridized carbons (Fsp3) is 0.0952. The van der Waals surface area contributed by atoms with Crippen molar-refractivity contribution in [1.82, 2.24) is 15.2 Å². The highest BCUT2D eigenvalue weighted by Crippen LogP contribution is 2.30. The first-order chi connectivity index (χ1) is 13.1. The summed E-state index contributed by atoms with van der Waals surface area (Å²) in [7, 11) is 0. The monoisotopic (exact) mass is 374 g/mol. The first-order valence-electron chi connectivity index (χ1n) is 8.58. The van der Waals surface area contributed by atoms with Gasteiger partial charge in [0.25, 0.3) is 5.91 Å². The van der Waals surface area contributed by atoms with Crippen LogP contribution in [0.3, 0.4) is 0 Å². The van der Waals surface area contributed by atoms with E-state index in [0.717, 1.165) is 32.9 Å². The summed E-state index contributed by atoms with van der Waals surface area (Å²) in [6, 6.07) is 21.6. The minimum Gasteiger partial charge on any atom is -0.266 e. The van der Waals surface area contributed by atoms with Gasteiger partial charge in [-0.25, -0.2) is 10.1 Å². The Labute approximate surface area is 161 Å². The van der Waals surface area contributed by atoms with Gasteiger partial charge in [-0.2, -0.15) is 10.2 Å². The molecule has 6 heteroatoms. The van der Waals surface area contributed by atoms with Crippen LogP contribution in [0.4, 0.5) is 0 Å². The van der Waals surface area contributed by atoms with Crippen molar-refractivity contribution >= 4 is 33.2 Å². The third kappa shape index (κ3) is 3.39. The second-order valence-electron chi connectivity index (χ2n) is 6.17. The number of thiophene rings is 1. The molecular formula is C21H18N4OS. The van der Waals surface area contributed by atoms with Crippen molar-refractivity contribution in [3.63, 3.8) is 0 Å². The fourth-order valence-electron chi connectivity index (χ4n) is 2.84. The van der Waals surface area contributed by atoms with Crippen LogP contribution in [0.5, 0.6) is 0 Å². The average molecular weight is 374 g/mol. The molecule has 0 aliphatic heterocycles. The molecule has 1 N–H and O–H groups in total. The van der Waals surface area contributed by atoms with Crippen molar-refractivity contribution in [3.05, 3.63) is 82.9 Å². The molecule has 0 aliphatic carbocycles. The van der Waals surface area contributed by atoms with Gasteiger partial charge in [0, 0.05) is 5.39 Å². The molecule has 2 aromatic carbocycles. The maximum absolute atomic E-state index is 12.6. The van der Waals surface area contributed by atoms with E-state index in [1.807, 2.05) is 85.3 Å². The molecule has 0 fully saturated rings. The molecule has 0 spiro atoms. The third-order valence-corrected chi connectivity index (χ3v) is 5.40. The molecule has 27 heavy (non-hydrogen) atoms. The number of hydrazone groups is 1. The number of aromatic nitrogens is 2. The first kappa shape index (κ1) is 17.2. The van der Waals surface area contributed by atoms with Crippen LogP contribution >= 0.6 is 11.3 Å². The Morgan fingerprint density at radius 1 is 1.07 bits per heavy atom. The largest absolute Gasteiger partial charge is 0.281 e. The standard InChI is InChI=1S/C21H18N4OS/c1-14(16-9-5-3-6-10-16)22-23-20(26)19-13-18-15(2)24-25(21(18)27-19)17-11-7-4-8-12-17/h3-13H,1-2H3,(H,23,26). The molecule has 0 bridgehead atoms. The van der Waals surface area contributed by atoms with E-state index in [4.69, 9.17) is 0 Å². The number of rotatable bonds is 4. The van der Waals surface area contributed by atoms with E-state index in [-0.39, 0.29) is 5.91 Å². The Bertz CT molecular complexity index is 1130. The highest BCUT2D eigenvalue weighted by Gasteiger charge is 2.17. The van der Waals surface area contributed by atoms with Crippen LogP contribution in [-0.4, -0.2) is 21.4 Å². The van der Waals surface area contributed by atoms with Crippen LogP contribution in [0.2, 0.25) is 0 Å². The Hall–Kier alpha value is -3.25. The van der Waals surface area contributed by atoms with Gasteiger partial charge in [0.2, 0.25) is 0 Å². The SMILES string of the molecule is CC(=NNC(=O)c1cc2c(C)nn(-c3ccccc3)c2s1)c1ccccc1. The fourth-order valence-corrected chi connectivity index (χ4v) is 3.91. The van der Waals surface area contributed by atoms with E-state index in [2.05, 4.69) is 15.6 Å². The summed E-state index contributed by atoms with van der Waals surface area (Å²) in [5.41, 5.74) is 6.26. The molecule has 2 aromatic heterocycles. The molecule has 1 amide bonds. The minimum absolute atomic E-state index is 0.217. The van der Waals surface area contributed by atoms with Gasteiger partial charge in [0.1, 0.15) is 4.83 Å². The first-order valence-corrected chi connectivity index (χ1v) is 9.40. The molecule has 0 atom stereocenters. The van der Waals surface area contributed by atoms with Crippen LogP contribution in [-0.2, 0) is 0 Å². The molecule has 0 saturated carbocycles.